The van der Waals surface area contributed by atoms with E-state index in [4.69, 9.17) is 4.98 Å². The molecule has 1 aliphatic rings. The van der Waals surface area contributed by atoms with Crippen LogP contribution in [0.1, 0.15) is 39.2 Å². The monoisotopic (exact) mass is 352 g/mol. The minimum Gasteiger partial charge on any atom is -0.380 e. The zero-order chi connectivity index (χ0) is 18.4. The normalized spacial score (nSPS) is 16.0. The third-order valence-corrected chi connectivity index (χ3v) is 5.09. The van der Waals surface area contributed by atoms with Crippen molar-refractivity contribution in [3.8, 4) is 0 Å². The van der Waals surface area contributed by atoms with E-state index >= 15 is 0 Å². The van der Waals surface area contributed by atoms with E-state index in [1.54, 1.807) is 0 Å². The smallest absolute Gasteiger partial charge is 0.152 e. The summed E-state index contributed by atoms with van der Waals surface area (Å²) in [7, 11) is 0. The number of benzene rings is 1. The Morgan fingerprint density at radius 2 is 1.85 bits per heavy atom. The van der Waals surface area contributed by atoms with Gasteiger partial charge in [0.15, 0.2) is 5.82 Å². The van der Waals surface area contributed by atoms with Crippen molar-refractivity contribution in [2.24, 2.45) is 0 Å². The van der Waals surface area contributed by atoms with Crippen molar-refractivity contribution >= 4 is 11.5 Å². The van der Waals surface area contributed by atoms with Crippen molar-refractivity contribution in [3.05, 3.63) is 54.2 Å². The quantitative estimate of drug-likeness (QED) is 0.801. The van der Waals surface area contributed by atoms with Crippen LogP contribution in [0.25, 0.3) is 0 Å². The van der Waals surface area contributed by atoms with Crippen LogP contribution >= 0.6 is 0 Å². The van der Waals surface area contributed by atoms with E-state index in [1.165, 1.54) is 18.4 Å². The van der Waals surface area contributed by atoms with E-state index in [9.17, 15) is 0 Å². The Hall–Kier alpha value is -2.07. The van der Waals surface area contributed by atoms with Gasteiger partial charge in [-0.05, 0) is 51.3 Å². The van der Waals surface area contributed by atoms with E-state index < -0.39 is 0 Å². The van der Waals surface area contributed by atoms with Gasteiger partial charge in [0.1, 0.15) is 0 Å². The third-order valence-electron chi connectivity index (χ3n) is 5.09. The number of hydrogen-bond acceptors (Lipinski definition) is 4. The summed E-state index contributed by atoms with van der Waals surface area (Å²) in [4.78, 5) is 9.78. The molecule has 1 aromatic heterocycles. The van der Waals surface area contributed by atoms with Crippen LogP contribution < -0.4 is 10.2 Å². The molecule has 26 heavy (non-hydrogen) atoms. The van der Waals surface area contributed by atoms with Crippen molar-refractivity contribution in [1.82, 2.24) is 9.88 Å². The van der Waals surface area contributed by atoms with Gasteiger partial charge in [-0.1, -0.05) is 30.3 Å². The zero-order valence-electron chi connectivity index (χ0n) is 16.4. The van der Waals surface area contributed by atoms with Crippen LogP contribution in [0.5, 0.6) is 0 Å². The fourth-order valence-corrected chi connectivity index (χ4v) is 3.86. The lowest BCUT2D eigenvalue weighted by Gasteiger charge is -2.39. The molecule has 1 fully saturated rings. The molecule has 1 aromatic carbocycles. The van der Waals surface area contributed by atoms with Crippen LogP contribution in [0.4, 0.5) is 11.5 Å². The lowest BCUT2D eigenvalue weighted by molar-refractivity contribution is 0.201. The number of hydrogen-bond donors (Lipinski definition) is 1. The van der Waals surface area contributed by atoms with Crippen LogP contribution in [0.2, 0.25) is 0 Å². The van der Waals surface area contributed by atoms with Crippen LogP contribution in [0, 0.1) is 0 Å². The summed E-state index contributed by atoms with van der Waals surface area (Å²) in [6, 6.07) is 15.9. The molecule has 3 rings (SSSR count). The van der Waals surface area contributed by atoms with E-state index in [0.29, 0.717) is 12.1 Å². The first-order valence-electron chi connectivity index (χ1n) is 9.92. The van der Waals surface area contributed by atoms with E-state index in [1.807, 2.05) is 12.3 Å². The van der Waals surface area contributed by atoms with Crippen LogP contribution in [-0.2, 0) is 6.54 Å². The van der Waals surface area contributed by atoms with Gasteiger partial charge in [0.25, 0.3) is 0 Å². The predicted octanol–water partition coefficient (Wildman–Crippen LogP) is 4.39. The first-order chi connectivity index (χ1) is 12.7. The number of aromatic nitrogens is 1. The molecule has 0 atom stereocenters. The maximum Gasteiger partial charge on any atom is 0.152 e. The van der Waals surface area contributed by atoms with Crippen LogP contribution in [-0.4, -0.2) is 41.6 Å². The maximum atomic E-state index is 4.71. The summed E-state index contributed by atoms with van der Waals surface area (Å²) >= 11 is 0. The summed E-state index contributed by atoms with van der Waals surface area (Å²) in [5.41, 5.74) is 2.56. The average molecular weight is 353 g/mol. The molecular weight excluding hydrogens is 320 g/mol. The van der Waals surface area contributed by atoms with Crippen molar-refractivity contribution in [2.45, 2.75) is 52.2 Å². The van der Waals surface area contributed by atoms with Crippen LogP contribution in [0.15, 0.2) is 48.7 Å². The highest BCUT2D eigenvalue weighted by molar-refractivity contribution is 5.66. The van der Waals surface area contributed by atoms with Gasteiger partial charge in [-0.2, -0.15) is 0 Å². The second-order valence-corrected chi connectivity index (χ2v) is 7.45. The topological polar surface area (TPSA) is 31.4 Å². The molecule has 0 aliphatic carbocycles. The minimum atomic E-state index is 0.407. The molecule has 0 saturated carbocycles. The predicted molar refractivity (Wildman–Crippen MR) is 111 cm³/mol. The highest BCUT2D eigenvalue weighted by Crippen LogP contribution is 2.29. The number of nitrogens with zero attached hydrogens (tertiary/aromatic N) is 3. The maximum absolute atomic E-state index is 4.71. The fourth-order valence-electron chi connectivity index (χ4n) is 3.86. The van der Waals surface area contributed by atoms with E-state index in [-0.39, 0.29) is 0 Å². The Morgan fingerprint density at radius 1 is 1.12 bits per heavy atom. The number of likely N-dealkylation sites (tertiary alicyclic amines) is 1. The molecule has 140 valence electrons. The second kappa shape index (κ2) is 9.04. The Bertz CT molecular complexity index is 663. The van der Waals surface area contributed by atoms with Gasteiger partial charge >= 0.3 is 0 Å². The summed E-state index contributed by atoms with van der Waals surface area (Å²) in [6.45, 7) is 10.9. The SMILES string of the molecule is CCN(c1ncccc1NC(C)C)C1CCN(Cc2ccccc2)CC1. The second-order valence-electron chi connectivity index (χ2n) is 7.45. The molecule has 1 N–H and O–H groups in total. The van der Waals surface area contributed by atoms with Gasteiger partial charge in [0, 0.05) is 44.5 Å². The molecule has 2 aromatic rings. The van der Waals surface area contributed by atoms with Crippen molar-refractivity contribution in [3.63, 3.8) is 0 Å². The van der Waals surface area contributed by atoms with Crippen molar-refractivity contribution in [1.29, 1.82) is 0 Å². The zero-order valence-corrected chi connectivity index (χ0v) is 16.4. The average Bonchev–Trinajstić information content (AvgIpc) is 2.65. The highest BCUT2D eigenvalue weighted by Gasteiger charge is 2.26. The summed E-state index contributed by atoms with van der Waals surface area (Å²) in [5.74, 6) is 1.10. The molecule has 0 radical (unpaired) electrons. The van der Waals surface area contributed by atoms with Gasteiger partial charge in [-0.25, -0.2) is 4.98 Å². The Balaban J connectivity index is 1.64. The van der Waals surface area contributed by atoms with Gasteiger partial charge in [0.2, 0.25) is 0 Å². The van der Waals surface area contributed by atoms with Gasteiger partial charge in [-0.15, -0.1) is 0 Å². The number of rotatable bonds is 7. The summed E-state index contributed by atoms with van der Waals surface area (Å²) in [6.07, 6.45) is 4.30. The molecule has 1 saturated heterocycles. The molecule has 0 unspecified atom stereocenters. The molecule has 2 heterocycles. The van der Waals surface area contributed by atoms with Gasteiger partial charge in [0.05, 0.1) is 5.69 Å². The number of piperidine rings is 1. The third kappa shape index (κ3) is 4.76. The molecule has 4 heteroatoms. The first kappa shape index (κ1) is 18.7. The fraction of sp³-hybridized carbons (Fsp3) is 0.500. The van der Waals surface area contributed by atoms with Gasteiger partial charge in [-0.3, -0.25) is 4.90 Å². The number of nitrogens with one attached hydrogen (secondary N) is 1. The Labute approximate surface area is 158 Å². The Kier molecular flexibility index (Phi) is 6.51. The molecular formula is C22H32N4. The number of anilines is 2. The van der Waals surface area contributed by atoms with Crippen molar-refractivity contribution < 1.29 is 0 Å². The molecule has 1 aliphatic heterocycles. The lowest BCUT2D eigenvalue weighted by atomic mass is 10.0. The highest BCUT2D eigenvalue weighted by atomic mass is 15.2. The number of pyridine rings is 1. The minimum absolute atomic E-state index is 0.407. The lowest BCUT2D eigenvalue weighted by Crippen LogP contribution is -2.45. The van der Waals surface area contributed by atoms with E-state index in [0.717, 1.165) is 37.7 Å². The van der Waals surface area contributed by atoms with E-state index in [2.05, 4.69) is 72.3 Å². The standard InChI is InChI=1S/C22H32N4/c1-4-26(22-21(24-18(2)3)11-8-14-23-22)20-12-15-25(16-13-20)17-19-9-6-5-7-10-19/h5-11,14,18,20,24H,4,12-13,15-17H2,1-3H3. The largest absolute Gasteiger partial charge is 0.380 e. The molecule has 0 spiro atoms. The molecule has 4 nitrogen and oxygen atoms in total. The molecule has 0 bridgehead atoms. The summed E-state index contributed by atoms with van der Waals surface area (Å²) < 4.78 is 0. The first-order valence-corrected chi connectivity index (χ1v) is 9.92. The Morgan fingerprint density at radius 3 is 2.50 bits per heavy atom. The van der Waals surface area contributed by atoms with Gasteiger partial charge < -0.3 is 10.2 Å². The summed E-state index contributed by atoms with van der Waals surface area (Å²) in [5, 5.41) is 3.55. The van der Waals surface area contributed by atoms with Crippen LogP contribution in [0.3, 0.4) is 0 Å². The molecule has 0 amide bonds. The van der Waals surface area contributed by atoms with Crippen molar-refractivity contribution in [2.75, 3.05) is 29.9 Å².